The molecule has 0 amide bonds. The van der Waals surface area contributed by atoms with E-state index in [0.29, 0.717) is 15.6 Å². The number of halogens is 2. The molecule has 0 fully saturated rings. The summed E-state index contributed by atoms with van der Waals surface area (Å²) < 4.78 is 10.1. The first-order chi connectivity index (χ1) is 9.04. The third-order valence-electron chi connectivity index (χ3n) is 2.35. The van der Waals surface area contributed by atoms with Crippen molar-refractivity contribution < 1.29 is 19.1 Å². The van der Waals surface area contributed by atoms with Gasteiger partial charge in [-0.1, -0.05) is 29.3 Å². The molecule has 1 aromatic carbocycles. The first-order valence-corrected chi connectivity index (χ1v) is 5.96. The van der Waals surface area contributed by atoms with E-state index in [1.807, 2.05) is 0 Å². The van der Waals surface area contributed by atoms with Crippen molar-refractivity contribution >= 4 is 29.2 Å². The Morgan fingerprint density at radius 2 is 2.05 bits per heavy atom. The summed E-state index contributed by atoms with van der Waals surface area (Å²) in [7, 11) is 1.43. The Balaban J connectivity index is 2.57. The number of methoxy groups -OCH3 is 1. The predicted octanol–water partition coefficient (Wildman–Crippen LogP) is 3.49. The Kier molecular flexibility index (Phi) is 4.09. The topological polar surface area (TPSA) is 72.6 Å². The molecule has 0 atom stereocenters. The van der Waals surface area contributed by atoms with Gasteiger partial charge < -0.3 is 14.3 Å². The standard InChI is InChI=1S/C12H9Cl2NO4/c1-18-5-8-10(12(16)17)19-11(15-8)9-6(13)3-2-4-7(9)14/h2-4H,5H2,1H3,(H,16,17). The van der Waals surface area contributed by atoms with Gasteiger partial charge in [0.15, 0.2) is 0 Å². The molecule has 0 radical (unpaired) electrons. The zero-order valence-electron chi connectivity index (χ0n) is 9.81. The van der Waals surface area contributed by atoms with Crippen LogP contribution in [0.25, 0.3) is 11.5 Å². The maximum atomic E-state index is 11.1. The highest BCUT2D eigenvalue weighted by Gasteiger charge is 2.22. The third kappa shape index (κ3) is 2.73. The smallest absolute Gasteiger partial charge is 0.373 e. The second-order valence-electron chi connectivity index (χ2n) is 3.63. The second-order valence-corrected chi connectivity index (χ2v) is 4.44. The number of oxazole rings is 1. The minimum Gasteiger partial charge on any atom is -0.475 e. The van der Waals surface area contributed by atoms with E-state index >= 15 is 0 Å². The van der Waals surface area contributed by atoms with Gasteiger partial charge in [0.25, 0.3) is 0 Å². The van der Waals surface area contributed by atoms with Crippen molar-refractivity contribution in [3.8, 4) is 11.5 Å². The molecule has 5 nitrogen and oxygen atoms in total. The summed E-state index contributed by atoms with van der Waals surface area (Å²) in [5.74, 6) is -1.46. The van der Waals surface area contributed by atoms with Crippen LogP contribution in [0.2, 0.25) is 10.0 Å². The summed E-state index contributed by atoms with van der Waals surface area (Å²) in [5.41, 5.74) is 0.539. The van der Waals surface area contributed by atoms with Gasteiger partial charge in [-0.05, 0) is 12.1 Å². The molecule has 0 aliphatic heterocycles. The van der Waals surface area contributed by atoms with Gasteiger partial charge in [0, 0.05) is 7.11 Å². The summed E-state index contributed by atoms with van der Waals surface area (Å²) in [6.07, 6.45) is 0. The van der Waals surface area contributed by atoms with Gasteiger partial charge in [-0.15, -0.1) is 0 Å². The maximum Gasteiger partial charge on any atom is 0.373 e. The Bertz CT molecular complexity index is 604. The van der Waals surface area contributed by atoms with E-state index in [0.717, 1.165) is 0 Å². The molecule has 0 bridgehead atoms. The lowest BCUT2D eigenvalue weighted by atomic mass is 10.2. The van der Waals surface area contributed by atoms with Crippen LogP contribution in [0.3, 0.4) is 0 Å². The largest absolute Gasteiger partial charge is 0.475 e. The number of aromatic nitrogens is 1. The van der Waals surface area contributed by atoms with Crippen LogP contribution < -0.4 is 0 Å². The number of aromatic carboxylic acids is 1. The fourth-order valence-corrected chi connectivity index (χ4v) is 2.12. The normalized spacial score (nSPS) is 10.7. The van der Waals surface area contributed by atoms with E-state index in [2.05, 4.69) is 4.98 Å². The van der Waals surface area contributed by atoms with Crippen LogP contribution in [0.15, 0.2) is 22.6 Å². The first kappa shape index (κ1) is 13.9. The molecule has 0 saturated heterocycles. The highest BCUT2D eigenvalue weighted by molar-refractivity contribution is 6.38. The van der Waals surface area contributed by atoms with Crippen LogP contribution in [-0.2, 0) is 11.3 Å². The monoisotopic (exact) mass is 301 g/mol. The molecule has 0 aliphatic carbocycles. The number of nitrogens with zero attached hydrogens (tertiary/aromatic N) is 1. The molecule has 0 spiro atoms. The van der Waals surface area contributed by atoms with Crippen molar-refractivity contribution in [2.45, 2.75) is 6.61 Å². The van der Waals surface area contributed by atoms with E-state index < -0.39 is 5.97 Å². The second kappa shape index (κ2) is 5.61. The van der Waals surface area contributed by atoms with Crippen LogP contribution in [-0.4, -0.2) is 23.2 Å². The number of hydrogen-bond donors (Lipinski definition) is 1. The fraction of sp³-hybridized carbons (Fsp3) is 0.167. The molecule has 19 heavy (non-hydrogen) atoms. The van der Waals surface area contributed by atoms with E-state index in [4.69, 9.17) is 37.5 Å². The van der Waals surface area contributed by atoms with Gasteiger partial charge >= 0.3 is 5.97 Å². The lowest BCUT2D eigenvalue weighted by Crippen LogP contribution is -2.00. The minimum atomic E-state index is -1.23. The van der Waals surface area contributed by atoms with Crippen molar-refractivity contribution in [3.05, 3.63) is 39.7 Å². The average molecular weight is 302 g/mol. The van der Waals surface area contributed by atoms with Gasteiger partial charge in [-0.2, -0.15) is 0 Å². The number of hydrogen-bond acceptors (Lipinski definition) is 4. The highest BCUT2D eigenvalue weighted by Crippen LogP contribution is 2.35. The van der Waals surface area contributed by atoms with Crippen molar-refractivity contribution in [2.75, 3.05) is 7.11 Å². The van der Waals surface area contributed by atoms with Gasteiger partial charge in [-0.25, -0.2) is 9.78 Å². The first-order valence-electron chi connectivity index (χ1n) is 5.21. The van der Waals surface area contributed by atoms with E-state index in [-0.39, 0.29) is 24.0 Å². The molecule has 0 aliphatic rings. The highest BCUT2D eigenvalue weighted by atomic mass is 35.5. The third-order valence-corrected chi connectivity index (χ3v) is 2.98. The van der Waals surface area contributed by atoms with Crippen LogP contribution in [0.1, 0.15) is 16.2 Å². The zero-order valence-corrected chi connectivity index (χ0v) is 11.3. The van der Waals surface area contributed by atoms with E-state index in [1.54, 1.807) is 18.2 Å². The molecule has 7 heteroatoms. The summed E-state index contributed by atoms with van der Waals surface area (Å²) >= 11 is 12.0. The van der Waals surface area contributed by atoms with Crippen LogP contribution in [0.4, 0.5) is 0 Å². The lowest BCUT2D eigenvalue weighted by Gasteiger charge is -2.01. The molecule has 1 aromatic heterocycles. The van der Waals surface area contributed by atoms with E-state index in [9.17, 15) is 4.79 Å². The van der Waals surface area contributed by atoms with Crippen LogP contribution in [0.5, 0.6) is 0 Å². The number of rotatable bonds is 4. The molecule has 100 valence electrons. The van der Waals surface area contributed by atoms with Crippen molar-refractivity contribution in [1.29, 1.82) is 0 Å². The number of carbonyl (C=O) groups is 1. The van der Waals surface area contributed by atoms with Crippen LogP contribution in [0, 0.1) is 0 Å². The maximum absolute atomic E-state index is 11.1. The lowest BCUT2D eigenvalue weighted by molar-refractivity contribution is 0.0656. The van der Waals surface area contributed by atoms with Gasteiger partial charge in [-0.3, -0.25) is 0 Å². The molecular weight excluding hydrogens is 293 g/mol. The Morgan fingerprint density at radius 3 is 2.58 bits per heavy atom. The SMILES string of the molecule is COCc1nc(-c2c(Cl)cccc2Cl)oc1C(=O)O. The molecule has 0 unspecified atom stereocenters. The molecule has 1 heterocycles. The number of ether oxygens (including phenoxy) is 1. The number of carboxylic acids is 1. The van der Waals surface area contributed by atoms with Crippen molar-refractivity contribution in [3.63, 3.8) is 0 Å². The van der Waals surface area contributed by atoms with Gasteiger partial charge in [0.1, 0.15) is 5.69 Å². The summed E-state index contributed by atoms with van der Waals surface area (Å²) in [6.45, 7) is 0.0210. The summed E-state index contributed by atoms with van der Waals surface area (Å²) in [6, 6.07) is 4.90. The number of carboxylic acid groups (broad SMARTS) is 1. The predicted molar refractivity (Wildman–Crippen MR) is 69.6 cm³/mol. The van der Waals surface area contributed by atoms with Crippen LogP contribution >= 0.6 is 23.2 Å². The zero-order chi connectivity index (χ0) is 14.0. The molecule has 2 aromatic rings. The Morgan fingerprint density at radius 1 is 1.42 bits per heavy atom. The van der Waals surface area contributed by atoms with Crippen molar-refractivity contribution in [1.82, 2.24) is 4.98 Å². The quantitative estimate of drug-likeness (QED) is 0.936. The molecule has 0 saturated carbocycles. The molecule has 1 N–H and O–H groups in total. The van der Waals surface area contributed by atoms with Gasteiger partial charge in [0.2, 0.25) is 11.7 Å². The molecular formula is C12H9Cl2NO4. The summed E-state index contributed by atoms with van der Waals surface area (Å²) in [5, 5.41) is 9.69. The Hall–Kier alpha value is -1.56. The molecule has 2 rings (SSSR count). The van der Waals surface area contributed by atoms with E-state index in [1.165, 1.54) is 7.11 Å². The minimum absolute atomic E-state index is 0.0210. The summed E-state index contributed by atoms with van der Waals surface area (Å²) in [4.78, 5) is 15.1. The number of benzene rings is 1. The van der Waals surface area contributed by atoms with Gasteiger partial charge in [0.05, 0.1) is 22.2 Å². The average Bonchev–Trinajstić information content (AvgIpc) is 2.73. The fourth-order valence-electron chi connectivity index (χ4n) is 1.56. The van der Waals surface area contributed by atoms with Crippen molar-refractivity contribution in [2.24, 2.45) is 0 Å². The Labute approximate surface area is 118 Å².